The molecule has 0 fully saturated rings. The van der Waals surface area contributed by atoms with E-state index in [0.717, 1.165) is 17.9 Å². The molecule has 0 aliphatic heterocycles. The van der Waals surface area contributed by atoms with Gasteiger partial charge in [-0.25, -0.2) is 0 Å². The Balaban J connectivity index is 2.26. The fourth-order valence-electron chi connectivity index (χ4n) is 1.62. The number of alkyl halides is 3. The van der Waals surface area contributed by atoms with Crippen LogP contribution in [-0.2, 0) is 17.9 Å². The van der Waals surface area contributed by atoms with Crippen molar-refractivity contribution in [1.29, 1.82) is 0 Å². The Morgan fingerprint density at radius 2 is 2.11 bits per heavy atom. The van der Waals surface area contributed by atoms with Crippen molar-refractivity contribution in [2.75, 3.05) is 13.2 Å². The molecule has 0 saturated carbocycles. The van der Waals surface area contributed by atoms with Gasteiger partial charge in [0.2, 0.25) is 0 Å². The van der Waals surface area contributed by atoms with Gasteiger partial charge in [0, 0.05) is 13.0 Å². The molecular weight excluding hydrogens is 259 g/mol. The molecule has 0 atom stereocenters. The van der Waals surface area contributed by atoms with Crippen molar-refractivity contribution in [2.45, 2.75) is 46.0 Å². The molecule has 0 bridgehead atoms. The molecule has 3 nitrogen and oxygen atoms in total. The lowest BCUT2D eigenvalue weighted by Crippen LogP contribution is -2.11. The molecule has 0 saturated heterocycles. The lowest BCUT2D eigenvalue weighted by Gasteiger charge is -2.05. The van der Waals surface area contributed by atoms with E-state index in [0.29, 0.717) is 12.3 Å². The number of nitrogens with one attached hydrogen (secondary N) is 1. The Morgan fingerprint density at radius 3 is 2.74 bits per heavy atom. The molecule has 0 spiro atoms. The second-order valence-corrected chi connectivity index (χ2v) is 4.37. The largest absolute Gasteiger partial charge is 0.462 e. The van der Waals surface area contributed by atoms with Crippen LogP contribution in [0.25, 0.3) is 0 Å². The number of furan rings is 1. The van der Waals surface area contributed by atoms with Gasteiger partial charge in [0.1, 0.15) is 18.1 Å². The van der Waals surface area contributed by atoms with Crippen molar-refractivity contribution in [3.63, 3.8) is 0 Å². The predicted octanol–water partition coefficient (Wildman–Crippen LogP) is 3.56. The first-order valence-electron chi connectivity index (χ1n) is 6.35. The quantitative estimate of drug-likeness (QED) is 0.739. The summed E-state index contributed by atoms with van der Waals surface area (Å²) in [5.41, 5.74) is 1.02. The second kappa shape index (κ2) is 7.55. The molecule has 1 aromatic rings. The highest BCUT2D eigenvalue weighted by molar-refractivity contribution is 5.19. The van der Waals surface area contributed by atoms with Crippen LogP contribution in [0.1, 0.15) is 36.8 Å². The minimum Gasteiger partial charge on any atom is -0.462 e. The van der Waals surface area contributed by atoms with Crippen LogP contribution in [0.4, 0.5) is 13.2 Å². The summed E-state index contributed by atoms with van der Waals surface area (Å²) in [6, 6.07) is 1.86. The van der Waals surface area contributed by atoms with Crippen LogP contribution >= 0.6 is 0 Å². The molecule has 0 aliphatic carbocycles. The third-order valence-corrected chi connectivity index (χ3v) is 2.60. The van der Waals surface area contributed by atoms with Crippen LogP contribution in [0, 0.1) is 6.92 Å². The smallest absolute Gasteiger partial charge is 0.389 e. The Kier molecular flexibility index (Phi) is 6.37. The van der Waals surface area contributed by atoms with Crippen LogP contribution in [0.5, 0.6) is 0 Å². The van der Waals surface area contributed by atoms with Gasteiger partial charge in [-0.2, -0.15) is 13.2 Å². The topological polar surface area (TPSA) is 34.4 Å². The van der Waals surface area contributed by atoms with Crippen LogP contribution in [0.2, 0.25) is 0 Å². The van der Waals surface area contributed by atoms with Crippen LogP contribution in [-0.4, -0.2) is 19.3 Å². The van der Waals surface area contributed by atoms with E-state index >= 15 is 0 Å². The van der Waals surface area contributed by atoms with Crippen molar-refractivity contribution >= 4 is 0 Å². The zero-order chi connectivity index (χ0) is 14.3. The average Bonchev–Trinajstić information content (AvgIpc) is 2.65. The van der Waals surface area contributed by atoms with Crippen LogP contribution in [0.3, 0.4) is 0 Å². The molecule has 1 aromatic heterocycles. The van der Waals surface area contributed by atoms with Crippen molar-refractivity contribution in [3.8, 4) is 0 Å². The summed E-state index contributed by atoms with van der Waals surface area (Å²) in [6.07, 6.45) is -4.94. The van der Waals surface area contributed by atoms with Gasteiger partial charge in [-0.3, -0.25) is 0 Å². The number of hydrogen-bond donors (Lipinski definition) is 1. The lowest BCUT2D eigenvalue weighted by atomic mass is 10.2. The van der Waals surface area contributed by atoms with E-state index in [1.807, 2.05) is 19.9 Å². The molecule has 0 radical (unpaired) electrons. The Hall–Kier alpha value is -1.01. The van der Waals surface area contributed by atoms with Crippen molar-refractivity contribution < 1.29 is 22.3 Å². The van der Waals surface area contributed by atoms with Gasteiger partial charge in [0.15, 0.2) is 0 Å². The SMILES string of the molecule is CCNCc1oc(COCCCC(F)(F)F)cc1C. The van der Waals surface area contributed by atoms with Gasteiger partial charge in [0.25, 0.3) is 0 Å². The third kappa shape index (κ3) is 6.63. The van der Waals surface area contributed by atoms with E-state index in [1.165, 1.54) is 0 Å². The highest BCUT2D eigenvalue weighted by Gasteiger charge is 2.25. The summed E-state index contributed by atoms with van der Waals surface area (Å²) < 4.78 is 46.4. The van der Waals surface area contributed by atoms with Crippen LogP contribution < -0.4 is 5.32 Å². The van der Waals surface area contributed by atoms with Gasteiger partial charge < -0.3 is 14.5 Å². The van der Waals surface area contributed by atoms with Gasteiger partial charge in [-0.1, -0.05) is 6.92 Å². The Morgan fingerprint density at radius 1 is 1.37 bits per heavy atom. The molecule has 0 aromatic carbocycles. The first-order chi connectivity index (χ1) is 8.92. The fraction of sp³-hybridized carbons (Fsp3) is 0.692. The summed E-state index contributed by atoms with van der Waals surface area (Å²) >= 11 is 0. The predicted molar refractivity (Wildman–Crippen MR) is 65.8 cm³/mol. The first-order valence-corrected chi connectivity index (χ1v) is 6.35. The highest BCUT2D eigenvalue weighted by Crippen LogP contribution is 2.21. The summed E-state index contributed by atoms with van der Waals surface area (Å²) in [4.78, 5) is 0. The summed E-state index contributed by atoms with van der Waals surface area (Å²) in [6.45, 7) is 5.73. The standard InChI is InChI=1S/C13H20F3NO2/c1-3-17-8-12-10(2)7-11(19-12)9-18-6-4-5-13(14,15)16/h7,17H,3-6,8-9H2,1-2H3. The van der Waals surface area contributed by atoms with E-state index in [-0.39, 0.29) is 19.6 Å². The normalized spacial score (nSPS) is 12.1. The van der Waals surface area contributed by atoms with Gasteiger partial charge in [-0.15, -0.1) is 0 Å². The number of hydrogen-bond acceptors (Lipinski definition) is 3. The van der Waals surface area contributed by atoms with Crippen molar-refractivity contribution in [1.82, 2.24) is 5.32 Å². The summed E-state index contributed by atoms with van der Waals surface area (Å²) in [5, 5.41) is 3.15. The van der Waals surface area contributed by atoms with Crippen molar-refractivity contribution in [3.05, 3.63) is 23.2 Å². The molecule has 0 aliphatic rings. The van der Waals surface area contributed by atoms with Gasteiger partial charge in [0.05, 0.1) is 6.54 Å². The van der Waals surface area contributed by atoms with E-state index in [4.69, 9.17) is 9.15 Å². The maximum atomic E-state index is 11.9. The molecule has 110 valence electrons. The number of ether oxygens (including phenoxy) is 1. The third-order valence-electron chi connectivity index (χ3n) is 2.60. The van der Waals surface area contributed by atoms with E-state index < -0.39 is 12.6 Å². The fourth-order valence-corrected chi connectivity index (χ4v) is 1.62. The molecule has 19 heavy (non-hydrogen) atoms. The Labute approximate surface area is 111 Å². The molecule has 1 rings (SSSR count). The zero-order valence-electron chi connectivity index (χ0n) is 11.3. The summed E-state index contributed by atoms with van der Waals surface area (Å²) in [7, 11) is 0. The number of rotatable bonds is 8. The maximum absolute atomic E-state index is 11.9. The van der Waals surface area contributed by atoms with Crippen LogP contribution in [0.15, 0.2) is 10.5 Å². The first kappa shape index (κ1) is 16.0. The van der Waals surface area contributed by atoms with Gasteiger partial charge >= 0.3 is 6.18 Å². The molecule has 0 unspecified atom stereocenters. The number of halogens is 3. The molecular formula is C13H20F3NO2. The minimum absolute atomic E-state index is 0.0204. The molecule has 1 heterocycles. The van der Waals surface area contributed by atoms with E-state index in [2.05, 4.69) is 5.32 Å². The number of aryl methyl sites for hydroxylation is 1. The molecule has 1 N–H and O–H groups in total. The van der Waals surface area contributed by atoms with Gasteiger partial charge in [-0.05, 0) is 31.5 Å². The second-order valence-electron chi connectivity index (χ2n) is 4.37. The minimum atomic E-state index is -4.11. The zero-order valence-corrected chi connectivity index (χ0v) is 11.3. The van der Waals surface area contributed by atoms with Crippen molar-refractivity contribution in [2.24, 2.45) is 0 Å². The highest BCUT2D eigenvalue weighted by atomic mass is 19.4. The Bertz CT molecular complexity index is 374. The monoisotopic (exact) mass is 279 g/mol. The van der Waals surface area contributed by atoms with E-state index in [9.17, 15) is 13.2 Å². The lowest BCUT2D eigenvalue weighted by molar-refractivity contribution is -0.138. The maximum Gasteiger partial charge on any atom is 0.389 e. The molecule has 6 heteroatoms. The summed E-state index contributed by atoms with van der Waals surface area (Å²) in [5.74, 6) is 1.49. The van der Waals surface area contributed by atoms with E-state index in [1.54, 1.807) is 0 Å². The average molecular weight is 279 g/mol. The molecule has 0 amide bonds.